The molecule has 0 spiro atoms. The van der Waals surface area contributed by atoms with E-state index in [4.69, 9.17) is 4.74 Å². The van der Waals surface area contributed by atoms with E-state index < -0.39 is 0 Å². The van der Waals surface area contributed by atoms with Crippen LogP contribution in [0.2, 0.25) is 0 Å². The number of hydrogen-bond donors (Lipinski definition) is 1. The predicted molar refractivity (Wildman–Crippen MR) is 94.8 cm³/mol. The van der Waals surface area contributed by atoms with E-state index in [0.29, 0.717) is 0 Å². The number of benzene rings is 1. The summed E-state index contributed by atoms with van der Waals surface area (Å²) in [5.74, 6) is 0. The quantitative estimate of drug-likeness (QED) is 0.852. The van der Waals surface area contributed by atoms with E-state index in [1.165, 1.54) is 5.69 Å². The van der Waals surface area contributed by atoms with Crippen LogP contribution in [0.25, 0.3) is 0 Å². The molecule has 1 N–H and O–H groups in total. The van der Waals surface area contributed by atoms with Crippen LogP contribution in [0.1, 0.15) is 12.8 Å². The molecule has 0 radical (unpaired) electrons. The molecule has 0 atom stereocenters. The van der Waals surface area contributed by atoms with Crippen molar-refractivity contribution >= 4 is 5.69 Å². The lowest BCUT2D eigenvalue weighted by atomic mass is 9.87. The van der Waals surface area contributed by atoms with Crippen molar-refractivity contribution in [2.24, 2.45) is 0 Å². The van der Waals surface area contributed by atoms with Gasteiger partial charge in [0.2, 0.25) is 0 Å². The number of para-hydroxylation sites is 1. The number of ether oxygens (including phenoxy) is 1. The molecule has 4 nitrogen and oxygen atoms in total. The number of hydrogen-bond acceptors (Lipinski definition) is 3. The maximum atomic E-state index is 5.53. The first-order chi connectivity index (χ1) is 11.3. The van der Waals surface area contributed by atoms with Gasteiger partial charge in [-0.3, -0.25) is 0 Å². The molecule has 2 heterocycles. The van der Waals surface area contributed by atoms with Gasteiger partial charge in [-0.15, -0.1) is 0 Å². The molecule has 2 aromatic rings. The average Bonchev–Trinajstić information content (AvgIpc) is 3.09. The number of nitrogens with zero attached hydrogens (tertiary/aromatic N) is 2. The highest BCUT2D eigenvalue weighted by atomic mass is 16.5. The van der Waals surface area contributed by atoms with Crippen molar-refractivity contribution in [1.29, 1.82) is 0 Å². The molecular weight excluding hydrogens is 286 g/mol. The summed E-state index contributed by atoms with van der Waals surface area (Å²) in [7, 11) is 1.80. The molecule has 1 aliphatic heterocycles. The zero-order valence-corrected chi connectivity index (χ0v) is 13.9. The lowest BCUT2D eigenvalue weighted by Crippen LogP contribution is -2.52. The van der Waals surface area contributed by atoms with Gasteiger partial charge in [0, 0.05) is 51.4 Å². The maximum absolute atomic E-state index is 5.53. The molecule has 0 amide bonds. The number of piperidine rings is 1. The molecule has 1 aromatic carbocycles. The average molecular weight is 313 g/mol. The second-order valence-corrected chi connectivity index (χ2v) is 6.47. The van der Waals surface area contributed by atoms with Gasteiger partial charge in [-0.1, -0.05) is 18.2 Å². The highest BCUT2D eigenvalue weighted by Gasteiger charge is 2.34. The monoisotopic (exact) mass is 313 g/mol. The molecule has 0 unspecified atom stereocenters. The summed E-state index contributed by atoms with van der Waals surface area (Å²) in [5, 5.41) is 3.73. The molecule has 1 saturated heterocycles. The zero-order valence-electron chi connectivity index (χ0n) is 13.9. The summed E-state index contributed by atoms with van der Waals surface area (Å²) in [6.07, 6.45) is 6.50. The smallest absolute Gasteiger partial charge is 0.0693 e. The Morgan fingerprint density at radius 2 is 1.70 bits per heavy atom. The minimum absolute atomic E-state index is 0.0556. The van der Waals surface area contributed by atoms with E-state index in [2.05, 4.69) is 69.6 Å². The van der Waals surface area contributed by atoms with Gasteiger partial charge in [0.25, 0.3) is 0 Å². The van der Waals surface area contributed by atoms with Crippen LogP contribution < -0.4 is 5.32 Å². The summed E-state index contributed by atoms with van der Waals surface area (Å²) >= 11 is 0. The predicted octanol–water partition coefficient (Wildman–Crippen LogP) is 3.08. The van der Waals surface area contributed by atoms with Crippen molar-refractivity contribution in [2.75, 3.05) is 38.7 Å². The largest absolute Gasteiger partial charge is 0.382 e. The van der Waals surface area contributed by atoms with Crippen LogP contribution in [0, 0.1) is 0 Å². The molecular formula is C19H27N3O. The standard InChI is InChI=1S/C19H27N3O/c1-23-17-19(20-18-7-3-2-4-8-18)9-13-22(14-10-19)16-15-21-11-5-6-12-21/h2-8,11-12,20H,9-10,13-17H2,1H3. The highest BCUT2D eigenvalue weighted by Crippen LogP contribution is 2.27. The first kappa shape index (κ1) is 16.1. The van der Waals surface area contributed by atoms with Gasteiger partial charge < -0.3 is 19.5 Å². The molecule has 0 saturated carbocycles. The summed E-state index contributed by atoms with van der Waals surface area (Å²) in [4.78, 5) is 2.56. The Morgan fingerprint density at radius 1 is 1.00 bits per heavy atom. The fourth-order valence-corrected chi connectivity index (χ4v) is 3.39. The molecule has 3 rings (SSSR count). The number of anilines is 1. The van der Waals surface area contributed by atoms with E-state index in [-0.39, 0.29) is 5.54 Å². The SMILES string of the molecule is COCC1(Nc2ccccc2)CCN(CCn2cccc2)CC1. The van der Waals surface area contributed by atoms with Crippen molar-refractivity contribution in [2.45, 2.75) is 24.9 Å². The topological polar surface area (TPSA) is 29.4 Å². The van der Waals surface area contributed by atoms with Gasteiger partial charge in [-0.2, -0.15) is 0 Å². The first-order valence-electron chi connectivity index (χ1n) is 8.45. The Hall–Kier alpha value is -1.78. The zero-order chi connectivity index (χ0) is 16.0. The summed E-state index contributed by atoms with van der Waals surface area (Å²) in [6, 6.07) is 14.7. The number of rotatable bonds is 7. The van der Waals surface area contributed by atoms with E-state index in [0.717, 1.165) is 45.6 Å². The molecule has 0 bridgehead atoms. The molecule has 0 aliphatic carbocycles. The molecule has 124 valence electrons. The van der Waals surface area contributed by atoms with Crippen molar-refractivity contribution < 1.29 is 4.74 Å². The minimum Gasteiger partial charge on any atom is -0.382 e. The summed E-state index contributed by atoms with van der Waals surface area (Å²) in [6.45, 7) is 5.17. The third-order valence-electron chi connectivity index (χ3n) is 4.76. The van der Waals surface area contributed by atoms with Gasteiger partial charge in [0.15, 0.2) is 0 Å². The Kier molecular flexibility index (Phi) is 5.36. The molecule has 23 heavy (non-hydrogen) atoms. The Balaban J connectivity index is 1.54. The lowest BCUT2D eigenvalue weighted by Gasteiger charge is -2.42. The fraction of sp³-hybridized carbons (Fsp3) is 0.474. The van der Waals surface area contributed by atoms with Gasteiger partial charge in [-0.25, -0.2) is 0 Å². The maximum Gasteiger partial charge on any atom is 0.0693 e. The van der Waals surface area contributed by atoms with Crippen molar-refractivity contribution in [1.82, 2.24) is 9.47 Å². The van der Waals surface area contributed by atoms with E-state index in [1.807, 2.05) is 0 Å². The minimum atomic E-state index is 0.0556. The van der Waals surface area contributed by atoms with Crippen LogP contribution in [0.4, 0.5) is 5.69 Å². The van der Waals surface area contributed by atoms with Crippen LogP contribution in [0.5, 0.6) is 0 Å². The molecule has 1 fully saturated rings. The number of likely N-dealkylation sites (tertiary alicyclic amines) is 1. The normalized spacial score (nSPS) is 18.0. The lowest BCUT2D eigenvalue weighted by molar-refractivity contribution is 0.0874. The van der Waals surface area contributed by atoms with Crippen molar-refractivity contribution in [3.8, 4) is 0 Å². The Morgan fingerprint density at radius 3 is 2.35 bits per heavy atom. The van der Waals surface area contributed by atoms with Crippen LogP contribution in [0.3, 0.4) is 0 Å². The Bertz CT molecular complexity index is 560. The second kappa shape index (κ2) is 7.66. The van der Waals surface area contributed by atoms with E-state index in [1.54, 1.807) is 7.11 Å². The third kappa shape index (κ3) is 4.36. The van der Waals surface area contributed by atoms with E-state index >= 15 is 0 Å². The van der Waals surface area contributed by atoms with Gasteiger partial charge in [-0.05, 0) is 37.1 Å². The summed E-state index contributed by atoms with van der Waals surface area (Å²) in [5.41, 5.74) is 1.24. The fourth-order valence-electron chi connectivity index (χ4n) is 3.39. The summed E-state index contributed by atoms with van der Waals surface area (Å²) < 4.78 is 7.78. The van der Waals surface area contributed by atoms with Crippen LogP contribution in [-0.2, 0) is 11.3 Å². The van der Waals surface area contributed by atoms with Gasteiger partial charge >= 0.3 is 0 Å². The van der Waals surface area contributed by atoms with Crippen LogP contribution >= 0.6 is 0 Å². The van der Waals surface area contributed by atoms with Crippen LogP contribution in [-0.4, -0.2) is 48.4 Å². The van der Waals surface area contributed by atoms with Crippen molar-refractivity contribution in [3.63, 3.8) is 0 Å². The molecule has 1 aromatic heterocycles. The number of aromatic nitrogens is 1. The number of nitrogens with one attached hydrogen (secondary N) is 1. The first-order valence-corrected chi connectivity index (χ1v) is 8.45. The second-order valence-electron chi connectivity index (χ2n) is 6.47. The van der Waals surface area contributed by atoms with Crippen molar-refractivity contribution in [3.05, 3.63) is 54.9 Å². The molecule has 4 heteroatoms. The number of methoxy groups -OCH3 is 1. The van der Waals surface area contributed by atoms with Gasteiger partial charge in [0.05, 0.1) is 12.1 Å². The van der Waals surface area contributed by atoms with Gasteiger partial charge in [0.1, 0.15) is 0 Å². The third-order valence-corrected chi connectivity index (χ3v) is 4.76. The molecule has 1 aliphatic rings. The van der Waals surface area contributed by atoms with E-state index in [9.17, 15) is 0 Å². The highest BCUT2D eigenvalue weighted by molar-refractivity contribution is 5.45. The Labute approximate surface area is 139 Å². The van der Waals surface area contributed by atoms with Crippen LogP contribution in [0.15, 0.2) is 54.9 Å².